The largest absolute Gasteiger partial charge is 0.487 e. The van der Waals surface area contributed by atoms with Crippen molar-refractivity contribution >= 4 is 33.5 Å². The molecular formula is C32H23N3O4. The molecule has 5 aromatic rings. The van der Waals surface area contributed by atoms with Crippen LogP contribution in [0.1, 0.15) is 10.4 Å². The molecule has 0 heterocycles. The van der Waals surface area contributed by atoms with Crippen LogP contribution in [0.2, 0.25) is 0 Å². The van der Waals surface area contributed by atoms with Gasteiger partial charge in [-0.3, -0.25) is 10.1 Å². The summed E-state index contributed by atoms with van der Waals surface area (Å²) in [4.78, 5) is 25.3. The third-order valence-corrected chi connectivity index (χ3v) is 5.95. The van der Waals surface area contributed by atoms with Crippen LogP contribution in [0, 0.1) is 11.3 Å². The van der Waals surface area contributed by atoms with Gasteiger partial charge in [0.15, 0.2) is 0 Å². The lowest BCUT2D eigenvalue weighted by Crippen LogP contribution is -2.40. The van der Waals surface area contributed by atoms with Crippen molar-refractivity contribution in [2.45, 2.75) is 0 Å². The van der Waals surface area contributed by atoms with Gasteiger partial charge in [0.1, 0.15) is 29.9 Å². The Bertz CT molecular complexity index is 1740. The zero-order chi connectivity index (χ0) is 27.0. The Balaban J connectivity index is 1.40. The van der Waals surface area contributed by atoms with Crippen LogP contribution in [0.25, 0.3) is 21.5 Å². The Kier molecular flexibility index (Phi) is 7.47. The van der Waals surface area contributed by atoms with Gasteiger partial charge in [-0.25, -0.2) is 4.79 Å². The monoisotopic (exact) mass is 513 g/mol. The average Bonchev–Trinajstić information content (AvgIpc) is 2.98. The molecule has 0 saturated carbocycles. The Labute approximate surface area is 224 Å². The van der Waals surface area contributed by atoms with E-state index in [1.807, 2.05) is 72.8 Å². The average molecular weight is 514 g/mol. The molecule has 0 saturated heterocycles. The first-order valence-electron chi connectivity index (χ1n) is 12.2. The zero-order valence-electron chi connectivity index (χ0n) is 20.8. The summed E-state index contributed by atoms with van der Waals surface area (Å²) in [5.41, 5.74) is 0.371. The van der Waals surface area contributed by atoms with Crippen LogP contribution in [0.15, 0.2) is 127 Å². The topological polar surface area (TPSA) is 100 Å². The van der Waals surface area contributed by atoms with Crippen molar-refractivity contribution in [3.8, 4) is 17.6 Å². The Morgan fingerprint density at radius 3 is 1.87 bits per heavy atom. The molecule has 0 radical (unpaired) electrons. The number of ether oxygens (including phenoxy) is 2. The maximum absolute atomic E-state index is 12.8. The molecule has 0 aliphatic rings. The van der Waals surface area contributed by atoms with E-state index in [-0.39, 0.29) is 18.1 Å². The molecule has 2 N–H and O–H groups in total. The summed E-state index contributed by atoms with van der Waals surface area (Å²) in [5.74, 6) is 0.193. The molecule has 7 heteroatoms. The Hall–Kier alpha value is -5.61. The number of nitriles is 1. The van der Waals surface area contributed by atoms with Crippen LogP contribution in [0.3, 0.4) is 0 Å². The maximum atomic E-state index is 12.8. The number of hydrogen-bond donors (Lipinski definition) is 2. The van der Waals surface area contributed by atoms with Crippen molar-refractivity contribution in [1.82, 2.24) is 10.6 Å². The number of imide groups is 1. The Morgan fingerprint density at radius 1 is 0.667 bits per heavy atom. The van der Waals surface area contributed by atoms with Crippen LogP contribution < -0.4 is 20.1 Å². The van der Waals surface area contributed by atoms with E-state index in [9.17, 15) is 14.9 Å². The van der Waals surface area contributed by atoms with Crippen molar-refractivity contribution in [3.63, 3.8) is 0 Å². The molecule has 0 spiro atoms. The van der Waals surface area contributed by atoms with Gasteiger partial charge in [-0.2, -0.15) is 5.26 Å². The van der Waals surface area contributed by atoms with E-state index < -0.39 is 11.9 Å². The summed E-state index contributed by atoms with van der Waals surface area (Å²) in [5, 5.41) is 18.8. The van der Waals surface area contributed by atoms with E-state index in [2.05, 4.69) is 10.6 Å². The summed E-state index contributed by atoms with van der Waals surface area (Å²) < 4.78 is 11.8. The molecule has 5 rings (SSSR count). The highest BCUT2D eigenvalue weighted by Gasteiger charge is 2.17. The van der Waals surface area contributed by atoms with Gasteiger partial charge in [0.2, 0.25) is 5.76 Å². The lowest BCUT2D eigenvalue weighted by Gasteiger charge is -2.15. The third kappa shape index (κ3) is 6.21. The first-order chi connectivity index (χ1) is 19.1. The smallest absolute Gasteiger partial charge is 0.326 e. The van der Waals surface area contributed by atoms with Gasteiger partial charge in [-0.05, 0) is 57.9 Å². The molecule has 190 valence electrons. The van der Waals surface area contributed by atoms with E-state index in [1.54, 1.807) is 48.5 Å². The number of nitrogens with one attached hydrogen (secondary N) is 2. The highest BCUT2D eigenvalue weighted by molar-refractivity contribution is 6.04. The number of benzene rings is 5. The molecule has 0 bridgehead atoms. The number of rotatable bonds is 7. The fraction of sp³-hybridized carbons (Fsp3) is 0.0312. The van der Waals surface area contributed by atoms with Crippen molar-refractivity contribution in [2.24, 2.45) is 0 Å². The van der Waals surface area contributed by atoms with Gasteiger partial charge in [-0.1, -0.05) is 78.9 Å². The fourth-order valence-electron chi connectivity index (χ4n) is 4.00. The van der Waals surface area contributed by atoms with Crippen LogP contribution in [0.4, 0.5) is 4.79 Å². The molecule has 0 aromatic heterocycles. The quantitative estimate of drug-likeness (QED) is 0.196. The third-order valence-electron chi connectivity index (χ3n) is 5.95. The second kappa shape index (κ2) is 11.6. The van der Waals surface area contributed by atoms with Gasteiger partial charge < -0.3 is 14.8 Å². The normalized spacial score (nSPS) is 11.3. The van der Waals surface area contributed by atoms with Gasteiger partial charge in [-0.15, -0.1) is 0 Å². The molecule has 3 amide bonds. The highest BCUT2D eigenvalue weighted by Crippen LogP contribution is 2.24. The van der Waals surface area contributed by atoms with Gasteiger partial charge in [0.05, 0.1) is 0 Å². The van der Waals surface area contributed by atoms with Crippen molar-refractivity contribution in [3.05, 3.63) is 132 Å². The first kappa shape index (κ1) is 25.1. The zero-order valence-corrected chi connectivity index (χ0v) is 20.8. The summed E-state index contributed by atoms with van der Waals surface area (Å²) in [7, 11) is 0. The van der Waals surface area contributed by atoms with Crippen molar-refractivity contribution in [2.75, 3.05) is 6.61 Å². The standard InChI is InChI=1S/C32H23N3O4/c33-20-30(39-28-17-15-23-9-5-7-13-26(23)19-28)29(34-32(37)35-31(36)24-10-2-1-3-11-24)21-38-27-16-14-22-8-4-6-12-25(22)18-27/h1-19H,21H2,(H2,34,35,36,37)/b30-29-. The number of nitrogens with zero attached hydrogens (tertiary/aromatic N) is 1. The molecule has 7 nitrogen and oxygen atoms in total. The minimum atomic E-state index is -0.823. The fourth-order valence-corrected chi connectivity index (χ4v) is 4.00. The molecule has 0 unspecified atom stereocenters. The van der Waals surface area contributed by atoms with Crippen molar-refractivity contribution in [1.29, 1.82) is 5.26 Å². The van der Waals surface area contributed by atoms with Gasteiger partial charge in [0, 0.05) is 5.56 Å². The van der Waals surface area contributed by atoms with Gasteiger partial charge in [0.25, 0.3) is 5.91 Å². The molecule has 0 aliphatic carbocycles. The van der Waals surface area contributed by atoms with E-state index in [0.29, 0.717) is 17.1 Å². The number of fused-ring (bicyclic) bond motifs is 2. The van der Waals surface area contributed by atoms with Crippen LogP contribution in [-0.4, -0.2) is 18.5 Å². The number of amides is 3. The summed E-state index contributed by atoms with van der Waals surface area (Å²) in [6, 6.07) is 36.1. The van der Waals surface area contributed by atoms with Crippen LogP contribution >= 0.6 is 0 Å². The predicted molar refractivity (Wildman–Crippen MR) is 149 cm³/mol. The summed E-state index contributed by atoms with van der Waals surface area (Å²) in [6.07, 6.45) is 0. The number of urea groups is 1. The summed E-state index contributed by atoms with van der Waals surface area (Å²) in [6.45, 7) is -0.193. The second-order valence-electron chi connectivity index (χ2n) is 8.60. The van der Waals surface area contributed by atoms with E-state index in [1.165, 1.54) is 0 Å². The molecule has 0 fully saturated rings. The first-order valence-corrected chi connectivity index (χ1v) is 12.2. The van der Waals surface area contributed by atoms with Crippen molar-refractivity contribution < 1.29 is 19.1 Å². The minimum absolute atomic E-state index is 0.0529. The lowest BCUT2D eigenvalue weighted by molar-refractivity contribution is 0.0964. The maximum Gasteiger partial charge on any atom is 0.326 e. The summed E-state index contributed by atoms with van der Waals surface area (Å²) >= 11 is 0. The number of carbonyl (C=O) groups excluding carboxylic acids is 2. The SMILES string of the molecule is N#C/C(Oc1ccc2ccccc2c1)=C(\COc1ccc2ccccc2c1)NC(=O)NC(=O)c1ccccc1. The number of allylic oxidation sites excluding steroid dienone is 1. The number of hydrogen-bond acceptors (Lipinski definition) is 5. The molecular weight excluding hydrogens is 490 g/mol. The van der Waals surface area contributed by atoms with E-state index >= 15 is 0 Å². The minimum Gasteiger partial charge on any atom is -0.487 e. The van der Waals surface area contributed by atoms with Crippen LogP contribution in [0.5, 0.6) is 11.5 Å². The molecule has 5 aromatic carbocycles. The van der Waals surface area contributed by atoms with Gasteiger partial charge >= 0.3 is 6.03 Å². The Morgan fingerprint density at radius 2 is 1.23 bits per heavy atom. The lowest BCUT2D eigenvalue weighted by atomic mass is 10.1. The van der Waals surface area contributed by atoms with Crippen LogP contribution in [-0.2, 0) is 0 Å². The van der Waals surface area contributed by atoms with E-state index in [0.717, 1.165) is 21.5 Å². The second-order valence-corrected chi connectivity index (χ2v) is 8.60. The predicted octanol–water partition coefficient (Wildman–Crippen LogP) is 6.33. The number of carbonyl (C=O) groups is 2. The molecule has 39 heavy (non-hydrogen) atoms. The molecule has 0 aliphatic heterocycles. The molecule has 0 atom stereocenters. The highest BCUT2D eigenvalue weighted by atomic mass is 16.5. The van der Waals surface area contributed by atoms with E-state index in [4.69, 9.17) is 9.47 Å².